The fourth-order valence-electron chi connectivity index (χ4n) is 4.23. The molecule has 3 heterocycles. The second-order valence-corrected chi connectivity index (χ2v) is 7.54. The summed E-state index contributed by atoms with van der Waals surface area (Å²) in [5.41, 5.74) is 3.17. The Hall–Kier alpha value is -3.64. The first-order valence-electron chi connectivity index (χ1n) is 10.0. The van der Waals surface area contributed by atoms with Crippen LogP contribution in [0.5, 0.6) is 0 Å². The molecule has 3 atom stereocenters. The van der Waals surface area contributed by atoms with Crippen LogP contribution in [-0.4, -0.2) is 25.0 Å². The third-order valence-corrected chi connectivity index (χ3v) is 5.73. The van der Waals surface area contributed by atoms with E-state index in [0.29, 0.717) is 17.2 Å². The van der Waals surface area contributed by atoms with Gasteiger partial charge in [0.1, 0.15) is 0 Å². The summed E-state index contributed by atoms with van der Waals surface area (Å²) >= 11 is 0. The van der Waals surface area contributed by atoms with Crippen molar-refractivity contribution in [3.05, 3.63) is 48.1 Å². The van der Waals surface area contributed by atoms with E-state index in [1.165, 1.54) is 6.39 Å². The number of aromatic nitrogens is 4. The number of rotatable bonds is 4. The predicted molar refractivity (Wildman–Crippen MR) is 109 cm³/mol. The fourth-order valence-corrected chi connectivity index (χ4v) is 4.23. The molecule has 0 bridgehead atoms. The van der Waals surface area contributed by atoms with Crippen LogP contribution in [0.15, 0.2) is 41.4 Å². The average Bonchev–Trinajstić information content (AvgIpc) is 3.44. The normalized spacial score (nSPS) is 22.7. The van der Waals surface area contributed by atoms with E-state index in [9.17, 15) is 10.4 Å². The van der Waals surface area contributed by atoms with Crippen molar-refractivity contribution in [1.82, 2.24) is 25.2 Å². The highest BCUT2D eigenvalue weighted by Crippen LogP contribution is 2.39. The van der Waals surface area contributed by atoms with Crippen LogP contribution in [0, 0.1) is 17.2 Å². The molecule has 3 aromatic rings. The quantitative estimate of drug-likeness (QED) is 0.604. The summed E-state index contributed by atoms with van der Waals surface area (Å²) in [6.45, 7) is 0. The maximum absolute atomic E-state index is 10.6. The number of nitrogens with one attached hydrogen (secondary N) is 2. The highest BCUT2D eigenvalue weighted by atomic mass is 16.5. The van der Waals surface area contributed by atoms with E-state index >= 15 is 0 Å². The van der Waals surface area contributed by atoms with E-state index < -0.39 is 6.23 Å². The Kier molecular flexibility index (Phi) is 4.69. The van der Waals surface area contributed by atoms with Gasteiger partial charge < -0.3 is 20.3 Å². The summed E-state index contributed by atoms with van der Waals surface area (Å²) in [7, 11) is 0. The molecule has 1 aliphatic heterocycles. The SMILES string of the molecule is N#C[C@H]1CCCCC1n1nc(Nc2ccc(-c3ncon3)cc2)c2c1C=CNC2O. The highest BCUT2D eigenvalue weighted by Gasteiger charge is 2.33. The molecule has 1 saturated carbocycles. The molecule has 0 saturated heterocycles. The molecule has 2 aliphatic rings. The standard InChI is InChI=1S/C21H21N7O2/c22-11-14-3-1-2-4-16(14)28-17-9-10-23-21(29)18(17)20(26-28)25-15-7-5-13(6-8-15)19-24-12-30-27-19/h5-10,12,14,16,21,23,29H,1-4H2,(H,25,26)/t14-,16?,21?/m1/s1. The Morgan fingerprint density at radius 3 is 2.83 bits per heavy atom. The molecule has 1 fully saturated rings. The highest BCUT2D eigenvalue weighted by molar-refractivity contribution is 5.69. The van der Waals surface area contributed by atoms with Gasteiger partial charge in [-0.3, -0.25) is 4.68 Å². The van der Waals surface area contributed by atoms with Crippen molar-refractivity contribution in [2.75, 3.05) is 5.32 Å². The van der Waals surface area contributed by atoms with Gasteiger partial charge >= 0.3 is 0 Å². The summed E-state index contributed by atoms with van der Waals surface area (Å²) in [5, 5.41) is 35.1. The van der Waals surface area contributed by atoms with Crippen LogP contribution in [0.25, 0.3) is 17.5 Å². The number of aliphatic hydroxyl groups is 1. The topological polar surface area (TPSA) is 125 Å². The van der Waals surface area contributed by atoms with Crippen LogP contribution in [0.4, 0.5) is 11.5 Å². The van der Waals surface area contributed by atoms with Crippen molar-refractivity contribution in [2.45, 2.75) is 38.0 Å². The number of hydrogen-bond acceptors (Lipinski definition) is 8. The number of fused-ring (bicyclic) bond motifs is 1. The molecule has 5 rings (SSSR count). The lowest BCUT2D eigenvalue weighted by molar-refractivity contribution is 0.154. The molecular weight excluding hydrogens is 382 g/mol. The van der Waals surface area contributed by atoms with Crippen LogP contribution >= 0.6 is 0 Å². The van der Waals surface area contributed by atoms with Crippen molar-refractivity contribution >= 4 is 17.6 Å². The molecule has 9 heteroatoms. The van der Waals surface area contributed by atoms with Crippen molar-refractivity contribution in [2.24, 2.45) is 5.92 Å². The van der Waals surface area contributed by atoms with Gasteiger partial charge in [-0.1, -0.05) is 18.0 Å². The number of benzene rings is 1. The minimum atomic E-state index is -0.871. The van der Waals surface area contributed by atoms with Crippen LogP contribution in [0.3, 0.4) is 0 Å². The van der Waals surface area contributed by atoms with E-state index in [-0.39, 0.29) is 12.0 Å². The van der Waals surface area contributed by atoms with Gasteiger partial charge in [0.05, 0.1) is 29.3 Å². The number of nitriles is 1. The van der Waals surface area contributed by atoms with E-state index in [1.807, 2.05) is 35.0 Å². The van der Waals surface area contributed by atoms with Crippen molar-refractivity contribution in [3.63, 3.8) is 0 Å². The number of anilines is 2. The Balaban J connectivity index is 1.49. The molecule has 2 unspecified atom stereocenters. The first-order chi connectivity index (χ1) is 14.7. The summed E-state index contributed by atoms with van der Waals surface area (Å²) < 4.78 is 6.71. The van der Waals surface area contributed by atoms with Crippen molar-refractivity contribution < 1.29 is 9.63 Å². The van der Waals surface area contributed by atoms with Crippen LogP contribution in [0.2, 0.25) is 0 Å². The maximum Gasteiger partial charge on any atom is 0.214 e. The van der Waals surface area contributed by atoms with Crippen molar-refractivity contribution in [1.29, 1.82) is 5.26 Å². The molecule has 2 aromatic heterocycles. The van der Waals surface area contributed by atoms with E-state index in [2.05, 4.69) is 26.8 Å². The zero-order chi connectivity index (χ0) is 20.5. The molecule has 3 N–H and O–H groups in total. The van der Waals surface area contributed by atoms with Crippen LogP contribution in [0.1, 0.15) is 49.2 Å². The van der Waals surface area contributed by atoms with Gasteiger partial charge in [0.2, 0.25) is 12.2 Å². The Bertz CT molecular complexity index is 1100. The van der Waals surface area contributed by atoms with Gasteiger partial charge in [0.25, 0.3) is 0 Å². The second-order valence-electron chi connectivity index (χ2n) is 7.54. The lowest BCUT2D eigenvalue weighted by atomic mass is 9.85. The number of nitrogens with zero attached hydrogens (tertiary/aromatic N) is 5. The first kappa shape index (κ1) is 18.4. The molecule has 9 nitrogen and oxygen atoms in total. The first-order valence-corrected chi connectivity index (χ1v) is 10.0. The van der Waals surface area contributed by atoms with E-state index in [1.54, 1.807) is 6.20 Å². The van der Waals surface area contributed by atoms with E-state index in [4.69, 9.17) is 9.62 Å². The molecule has 0 amide bonds. The van der Waals surface area contributed by atoms with Gasteiger partial charge in [0, 0.05) is 17.5 Å². The van der Waals surface area contributed by atoms with Crippen LogP contribution < -0.4 is 10.6 Å². The van der Waals surface area contributed by atoms with E-state index in [0.717, 1.165) is 42.6 Å². The van der Waals surface area contributed by atoms with Gasteiger partial charge in [0.15, 0.2) is 12.0 Å². The minimum Gasteiger partial charge on any atom is -0.369 e. The molecular formula is C21H21N7O2. The molecule has 30 heavy (non-hydrogen) atoms. The molecule has 1 aliphatic carbocycles. The summed E-state index contributed by atoms with van der Waals surface area (Å²) in [6, 6.07) is 10.0. The lowest BCUT2D eigenvalue weighted by Crippen LogP contribution is -2.25. The molecule has 0 spiro atoms. The Morgan fingerprint density at radius 2 is 2.07 bits per heavy atom. The third kappa shape index (κ3) is 3.21. The lowest BCUT2D eigenvalue weighted by Gasteiger charge is -2.28. The minimum absolute atomic E-state index is 0.00335. The summed E-state index contributed by atoms with van der Waals surface area (Å²) in [5.74, 6) is 1.02. The van der Waals surface area contributed by atoms with Gasteiger partial charge in [-0.15, -0.1) is 0 Å². The largest absolute Gasteiger partial charge is 0.369 e. The van der Waals surface area contributed by atoms with Crippen LogP contribution in [-0.2, 0) is 0 Å². The fraction of sp³-hybridized carbons (Fsp3) is 0.333. The third-order valence-electron chi connectivity index (χ3n) is 5.73. The predicted octanol–water partition coefficient (Wildman–Crippen LogP) is 3.50. The Labute approximate surface area is 173 Å². The zero-order valence-electron chi connectivity index (χ0n) is 16.2. The average molecular weight is 403 g/mol. The summed E-state index contributed by atoms with van der Waals surface area (Å²) in [6.07, 6.45) is 7.97. The molecule has 152 valence electrons. The number of hydrogen-bond donors (Lipinski definition) is 3. The monoisotopic (exact) mass is 403 g/mol. The smallest absolute Gasteiger partial charge is 0.214 e. The molecule has 1 aromatic carbocycles. The Morgan fingerprint density at radius 1 is 1.23 bits per heavy atom. The van der Waals surface area contributed by atoms with Gasteiger partial charge in [-0.05, 0) is 43.2 Å². The summed E-state index contributed by atoms with van der Waals surface area (Å²) in [4.78, 5) is 4.05. The molecule has 0 radical (unpaired) electrons. The van der Waals surface area contributed by atoms with Crippen molar-refractivity contribution in [3.8, 4) is 17.5 Å². The zero-order valence-corrected chi connectivity index (χ0v) is 16.2. The number of aliphatic hydroxyl groups excluding tert-OH is 1. The second kappa shape index (κ2) is 7.65. The maximum atomic E-state index is 10.6. The van der Waals surface area contributed by atoms with Gasteiger partial charge in [-0.25, -0.2) is 0 Å². The van der Waals surface area contributed by atoms with Gasteiger partial charge in [-0.2, -0.15) is 15.3 Å².